The predicted molar refractivity (Wildman–Crippen MR) is 127 cm³/mol. The molecule has 2 N–H and O–H groups in total. The van der Waals surface area contributed by atoms with Crippen LogP contribution in [0.4, 0.5) is 23.1 Å². The normalized spacial score (nSPS) is 18.4. The average molecular weight is 462 g/mol. The number of piperidine rings is 1. The van der Waals surface area contributed by atoms with Crippen LogP contribution in [0.5, 0.6) is 0 Å². The summed E-state index contributed by atoms with van der Waals surface area (Å²) in [5.41, 5.74) is 2.65. The van der Waals surface area contributed by atoms with Crippen LogP contribution < -0.4 is 15.5 Å². The highest BCUT2D eigenvalue weighted by Gasteiger charge is 2.59. The summed E-state index contributed by atoms with van der Waals surface area (Å²) < 4.78 is 10.6. The molecule has 1 amide bonds. The molecule has 0 bridgehead atoms. The Morgan fingerprint density at radius 3 is 2.50 bits per heavy atom. The third-order valence-electron chi connectivity index (χ3n) is 6.65. The number of nitrogens with one attached hydrogen (secondary N) is 2. The lowest BCUT2D eigenvalue weighted by molar-refractivity contribution is -0.145. The van der Waals surface area contributed by atoms with Gasteiger partial charge in [0.25, 0.3) is 0 Å². The summed E-state index contributed by atoms with van der Waals surface area (Å²) in [6.07, 6.45) is 2.93. The van der Waals surface area contributed by atoms with Gasteiger partial charge in [0.15, 0.2) is 0 Å². The summed E-state index contributed by atoms with van der Waals surface area (Å²) in [4.78, 5) is 26.9. The van der Waals surface area contributed by atoms with Gasteiger partial charge in [0.2, 0.25) is 0 Å². The first-order valence-electron chi connectivity index (χ1n) is 11.5. The number of nitrogens with zero attached hydrogens (tertiary/aromatic N) is 3. The van der Waals surface area contributed by atoms with Crippen LogP contribution in [-0.2, 0) is 9.53 Å². The topological polar surface area (TPSA) is 110 Å². The Balaban J connectivity index is 1.13. The molecule has 2 heterocycles. The predicted octanol–water partition coefficient (Wildman–Crippen LogP) is 4.24. The molecule has 9 heteroatoms. The van der Waals surface area contributed by atoms with Gasteiger partial charge in [0, 0.05) is 30.2 Å². The number of benzene rings is 2. The Kier molecular flexibility index (Phi) is 5.91. The van der Waals surface area contributed by atoms with E-state index in [1.54, 1.807) is 0 Å². The van der Waals surface area contributed by atoms with E-state index in [2.05, 4.69) is 25.7 Å². The second-order valence-electron chi connectivity index (χ2n) is 8.76. The number of carbonyl (C=O) groups is 2. The summed E-state index contributed by atoms with van der Waals surface area (Å²) in [5.74, 6) is -0.565. The molecule has 34 heavy (non-hydrogen) atoms. The summed E-state index contributed by atoms with van der Waals surface area (Å²) in [6, 6.07) is 17.2. The zero-order valence-corrected chi connectivity index (χ0v) is 19.0. The van der Waals surface area contributed by atoms with Crippen molar-refractivity contribution in [2.24, 2.45) is 11.3 Å². The largest absolute Gasteiger partial charge is 0.466 e. The molecule has 2 aromatic carbocycles. The zero-order chi connectivity index (χ0) is 23.5. The number of ether oxygens (including phenoxy) is 1. The molecule has 5 rings (SSSR count). The number of rotatable bonds is 7. The van der Waals surface area contributed by atoms with E-state index in [-0.39, 0.29) is 29.2 Å². The van der Waals surface area contributed by atoms with Gasteiger partial charge >= 0.3 is 23.8 Å². The van der Waals surface area contributed by atoms with Crippen molar-refractivity contribution in [2.75, 3.05) is 35.2 Å². The van der Waals surface area contributed by atoms with Crippen LogP contribution in [0.2, 0.25) is 0 Å². The number of esters is 1. The molecule has 3 aromatic rings. The van der Waals surface area contributed by atoms with E-state index < -0.39 is 5.91 Å². The highest BCUT2D eigenvalue weighted by atomic mass is 16.5. The van der Waals surface area contributed by atoms with E-state index in [4.69, 9.17) is 9.15 Å². The quantitative estimate of drug-likeness (QED) is 0.503. The van der Waals surface area contributed by atoms with Crippen LogP contribution in [-0.4, -0.2) is 41.8 Å². The highest BCUT2D eigenvalue weighted by molar-refractivity contribution is 6.01. The Morgan fingerprint density at radius 1 is 1.06 bits per heavy atom. The summed E-state index contributed by atoms with van der Waals surface area (Å²) in [6.45, 7) is 4.10. The van der Waals surface area contributed by atoms with Crippen LogP contribution >= 0.6 is 0 Å². The van der Waals surface area contributed by atoms with Crippen molar-refractivity contribution in [3.8, 4) is 0 Å². The van der Waals surface area contributed by atoms with Crippen molar-refractivity contribution < 1.29 is 18.7 Å². The standard InChI is InChI=1S/C25H27N5O4/c1-2-33-23(32)20-16-25(20)12-14-30(15-13-25)19-10-8-18(9-11-19)26-21(31)22-28-29-24(34-22)27-17-6-4-3-5-7-17/h3-11,20H,2,12-16H2,1H3,(H,26,31)(H,27,29). The Morgan fingerprint density at radius 2 is 1.79 bits per heavy atom. The molecule has 1 saturated carbocycles. The molecule has 1 aliphatic heterocycles. The molecule has 176 valence electrons. The van der Waals surface area contributed by atoms with E-state index in [9.17, 15) is 9.59 Å². The average Bonchev–Trinajstić information content (AvgIpc) is 3.35. The second kappa shape index (κ2) is 9.17. The maximum atomic E-state index is 12.5. The lowest BCUT2D eigenvalue weighted by Gasteiger charge is -2.34. The Bertz CT molecular complexity index is 1150. The minimum absolute atomic E-state index is 0.0414. The number of anilines is 4. The minimum Gasteiger partial charge on any atom is -0.466 e. The first kappa shape index (κ1) is 21.9. The molecular formula is C25H27N5O4. The Labute approximate surface area is 197 Å². The summed E-state index contributed by atoms with van der Waals surface area (Å²) in [5, 5.41) is 13.4. The Hall–Kier alpha value is -3.88. The van der Waals surface area contributed by atoms with Gasteiger partial charge in [0.05, 0.1) is 12.5 Å². The lowest BCUT2D eigenvalue weighted by atomic mass is 9.90. The molecule has 0 radical (unpaired) electrons. The SMILES string of the molecule is CCOC(=O)C1CC12CCN(c1ccc(NC(=O)c3nnc(Nc4ccccc4)o3)cc1)CC2. The van der Waals surface area contributed by atoms with Gasteiger partial charge in [-0.15, -0.1) is 5.10 Å². The molecule has 1 aromatic heterocycles. The first-order chi connectivity index (χ1) is 16.6. The fourth-order valence-electron chi connectivity index (χ4n) is 4.64. The van der Waals surface area contributed by atoms with Crippen molar-refractivity contribution in [2.45, 2.75) is 26.2 Å². The van der Waals surface area contributed by atoms with Crippen molar-refractivity contribution in [3.63, 3.8) is 0 Å². The molecule has 1 aliphatic carbocycles. The summed E-state index contributed by atoms with van der Waals surface area (Å²) >= 11 is 0. The smallest absolute Gasteiger partial charge is 0.320 e. The molecule has 2 fully saturated rings. The molecule has 1 atom stereocenters. The number of para-hydroxylation sites is 1. The van der Waals surface area contributed by atoms with Crippen molar-refractivity contribution in [1.29, 1.82) is 0 Å². The minimum atomic E-state index is -0.472. The van der Waals surface area contributed by atoms with E-state index in [0.29, 0.717) is 12.3 Å². The van der Waals surface area contributed by atoms with Crippen molar-refractivity contribution in [1.82, 2.24) is 10.2 Å². The van der Waals surface area contributed by atoms with E-state index in [1.165, 1.54) is 0 Å². The van der Waals surface area contributed by atoms with Gasteiger partial charge in [-0.1, -0.05) is 23.3 Å². The van der Waals surface area contributed by atoms with Crippen molar-refractivity contribution in [3.05, 3.63) is 60.5 Å². The molecular weight excluding hydrogens is 434 g/mol. The molecule has 1 spiro atoms. The lowest BCUT2D eigenvalue weighted by Crippen LogP contribution is -2.35. The second-order valence-corrected chi connectivity index (χ2v) is 8.76. The van der Waals surface area contributed by atoms with Gasteiger partial charge in [-0.25, -0.2) is 0 Å². The van der Waals surface area contributed by atoms with Gasteiger partial charge in [0.1, 0.15) is 0 Å². The van der Waals surface area contributed by atoms with E-state index in [0.717, 1.165) is 43.7 Å². The number of aromatic nitrogens is 2. The molecule has 1 saturated heterocycles. The maximum absolute atomic E-state index is 12.5. The summed E-state index contributed by atoms with van der Waals surface area (Å²) in [7, 11) is 0. The first-order valence-corrected chi connectivity index (χ1v) is 11.5. The van der Waals surface area contributed by atoms with Gasteiger partial charge in [-0.05, 0) is 68.0 Å². The third kappa shape index (κ3) is 4.59. The van der Waals surface area contributed by atoms with Crippen LogP contribution in [0.25, 0.3) is 0 Å². The molecule has 9 nitrogen and oxygen atoms in total. The fraction of sp³-hybridized carbons (Fsp3) is 0.360. The van der Waals surface area contributed by atoms with Gasteiger partial charge in [-0.2, -0.15) is 0 Å². The number of amides is 1. The van der Waals surface area contributed by atoms with Crippen LogP contribution in [0.15, 0.2) is 59.0 Å². The molecule has 1 unspecified atom stereocenters. The van der Waals surface area contributed by atoms with Crippen LogP contribution in [0, 0.1) is 11.3 Å². The fourth-order valence-corrected chi connectivity index (χ4v) is 4.64. The molecule has 2 aliphatic rings. The van der Waals surface area contributed by atoms with Gasteiger partial charge < -0.3 is 24.7 Å². The monoisotopic (exact) mass is 461 g/mol. The maximum Gasteiger partial charge on any atom is 0.320 e. The van der Waals surface area contributed by atoms with Gasteiger partial charge in [-0.3, -0.25) is 9.59 Å². The van der Waals surface area contributed by atoms with E-state index >= 15 is 0 Å². The van der Waals surface area contributed by atoms with Crippen molar-refractivity contribution >= 4 is 35.0 Å². The highest BCUT2D eigenvalue weighted by Crippen LogP contribution is 2.60. The number of hydrogen-bond acceptors (Lipinski definition) is 8. The number of hydrogen-bond donors (Lipinski definition) is 2. The van der Waals surface area contributed by atoms with Crippen LogP contribution in [0.3, 0.4) is 0 Å². The third-order valence-corrected chi connectivity index (χ3v) is 6.65. The van der Waals surface area contributed by atoms with E-state index in [1.807, 2.05) is 61.5 Å². The number of carbonyl (C=O) groups excluding carboxylic acids is 2. The van der Waals surface area contributed by atoms with Crippen LogP contribution in [0.1, 0.15) is 36.9 Å². The zero-order valence-electron chi connectivity index (χ0n) is 19.0.